The van der Waals surface area contributed by atoms with Crippen molar-refractivity contribution in [2.45, 2.75) is 44.2 Å². The van der Waals surface area contributed by atoms with Gasteiger partial charge in [-0.2, -0.15) is 0 Å². The Hall–Kier alpha value is -1.88. The minimum Gasteiger partial charge on any atom is -0.461 e. The average molecular weight is 418 g/mol. The number of hydrogen-bond donors (Lipinski definition) is 0. The Morgan fingerprint density at radius 1 is 1.07 bits per heavy atom. The third-order valence-electron chi connectivity index (χ3n) is 5.54. The minimum absolute atomic E-state index is 0. The molecule has 1 unspecified atom stereocenters. The monoisotopic (exact) mass is 417 g/mol. The predicted octanol–water partition coefficient (Wildman–Crippen LogP) is 4.81. The number of esters is 1. The predicted molar refractivity (Wildman–Crippen MR) is 118 cm³/mol. The van der Waals surface area contributed by atoms with E-state index in [2.05, 4.69) is 18.9 Å². The second-order valence-corrected chi connectivity index (χ2v) is 7.49. The zero-order valence-corrected chi connectivity index (χ0v) is 18.2. The van der Waals surface area contributed by atoms with Crippen molar-refractivity contribution in [1.82, 2.24) is 4.90 Å². The molecule has 0 saturated carbocycles. The van der Waals surface area contributed by atoms with Crippen molar-refractivity contribution in [3.05, 3.63) is 71.8 Å². The summed E-state index contributed by atoms with van der Waals surface area (Å²) in [5.41, 5.74) is 0.374. The first-order valence-electron chi connectivity index (χ1n) is 10.3. The molecule has 3 rings (SSSR count). The molecule has 158 valence electrons. The van der Waals surface area contributed by atoms with Crippen molar-refractivity contribution in [2.75, 3.05) is 26.8 Å². The van der Waals surface area contributed by atoms with Crippen LogP contribution in [0, 0.1) is 0 Å². The van der Waals surface area contributed by atoms with Gasteiger partial charge in [0.15, 0.2) is 0 Å². The number of ether oxygens (including phenoxy) is 2. The minimum atomic E-state index is -1.24. The number of likely N-dealkylation sites (N-methyl/N-ethyl adjacent to an activating group) is 1. The van der Waals surface area contributed by atoms with Gasteiger partial charge in [-0.05, 0) is 44.0 Å². The molecule has 2 aromatic carbocycles. The molecule has 2 aromatic rings. The number of benzene rings is 2. The maximum absolute atomic E-state index is 13.6. The highest BCUT2D eigenvalue weighted by molar-refractivity contribution is 5.86. The van der Waals surface area contributed by atoms with Gasteiger partial charge in [-0.1, -0.05) is 74.0 Å². The van der Waals surface area contributed by atoms with E-state index in [1.807, 2.05) is 60.7 Å². The lowest BCUT2D eigenvalue weighted by molar-refractivity contribution is -0.170. The SMILES string of the molecule is CCCCOC(C(=O)OCC1CCCN1C)(c1ccccc1)c1ccccc1.Cl. The molecule has 0 spiro atoms. The fraction of sp³-hybridized carbons (Fsp3) is 0.458. The van der Waals surface area contributed by atoms with Crippen molar-refractivity contribution < 1.29 is 14.3 Å². The van der Waals surface area contributed by atoms with Crippen molar-refractivity contribution in [3.63, 3.8) is 0 Å². The van der Waals surface area contributed by atoms with Gasteiger partial charge in [0, 0.05) is 12.6 Å². The molecule has 0 aromatic heterocycles. The van der Waals surface area contributed by atoms with Gasteiger partial charge in [-0.25, -0.2) is 4.79 Å². The first kappa shape index (κ1) is 23.4. The molecular weight excluding hydrogens is 386 g/mol. The fourth-order valence-corrected chi connectivity index (χ4v) is 3.81. The number of hydrogen-bond acceptors (Lipinski definition) is 4. The van der Waals surface area contributed by atoms with Crippen LogP contribution in [0.2, 0.25) is 0 Å². The molecule has 5 heteroatoms. The topological polar surface area (TPSA) is 38.8 Å². The van der Waals surface area contributed by atoms with Crippen LogP contribution >= 0.6 is 12.4 Å². The largest absolute Gasteiger partial charge is 0.461 e. The molecule has 1 heterocycles. The number of rotatable bonds is 9. The van der Waals surface area contributed by atoms with Crippen LogP contribution in [0.4, 0.5) is 0 Å². The molecule has 0 amide bonds. The van der Waals surface area contributed by atoms with Gasteiger partial charge in [0.1, 0.15) is 6.61 Å². The fourth-order valence-electron chi connectivity index (χ4n) is 3.81. The summed E-state index contributed by atoms with van der Waals surface area (Å²) in [6, 6.07) is 19.7. The van der Waals surface area contributed by atoms with Crippen LogP contribution in [0.25, 0.3) is 0 Å². The molecule has 4 nitrogen and oxygen atoms in total. The van der Waals surface area contributed by atoms with Gasteiger partial charge < -0.3 is 14.4 Å². The molecule has 1 aliphatic rings. The first-order chi connectivity index (χ1) is 13.7. The maximum Gasteiger partial charge on any atom is 0.347 e. The van der Waals surface area contributed by atoms with E-state index in [1.54, 1.807) is 0 Å². The maximum atomic E-state index is 13.6. The number of halogens is 1. The summed E-state index contributed by atoms with van der Waals surface area (Å²) in [5, 5.41) is 0. The number of unbranched alkanes of at least 4 members (excludes halogenated alkanes) is 1. The van der Waals surface area contributed by atoms with Crippen LogP contribution < -0.4 is 0 Å². The summed E-state index contributed by atoms with van der Waals surface area (Å²) in [6.07, 6.45) is 4.10. The second kappa shape index (κ2) is 11.3. The number of nitrogens with zero attached hydrogens (tertiary/aromatic N) is 1. The lowest BCUT2D eigenvalue weighted by Gasteiger charge is -2.33. The summed E-state index contributed by atoms with van der Waals surface area (Å²) >= 11 is 0. The zero-order valence-electron chi connectivity index (χ0n) is 17.4. The van der Waals surface area contributed by atoms with Crippen molar-refractivity contribution in [2.24, 2.45) is 0 Å². The van der Waals surface area contributed by atoms with Crippen molar-refractivity contribution in [1.29, 1.82) is 0 Å². The number of carbonyl (C=O) groups is 1. The van der Waals surface area contributed by atoms with Crippen LogP contribution in [-0.2, 0) is 19.9 Å². The summed E-state index contributed by atoms with van der Waals surface area (Å²) in [4.78, 5) is 15.8. The van der Waals surface area contributed by atoms with E-state index in [-0.39, 0.29) is 24.4 Å². The second-order valence-electron chi connectivity index (χ2n) is 7.49. The molecular formula is C24H32ClNO3. The summed E-state index contributed by atoms with van der Waals surface area (Å²) < 4.78 is 12.3. The van der Waals surface area contributed by atoms with E-state index in [4.69, 9.17) is 9.47 Å². The van der Waals surface area contributed by atoms with Crippen molar-refractivity contribution in [3.8, 4) is 0 Å². The molecule has 1 aliphatic heterocycles. The molecule has 0 radical (unpaired) electrons. The van der Waals surface area contributed by atoms with Crippen LogP contribution in [0.15, 0.2) is 60.7 Å². The van der Waals surface area contributed by atoms with E-state index < -0.39 is 5.60 Å². The third kappa shape index (κ3) is 5.39. The van der Waals surface area contributed by atoms with Crippen LogP contribution in [0.3, 0.4) is 0 Å². The smallest absolute Gasteiger partial charge is 0.347 e. The van der Waals surface area contributed by atoms with Crippen LogP contribution in [0.5, 0.6) is 0 Å². The van der Waals surface area contributed by atoms with Crippen LogP contribution in [-0.4, -0.2) is 43.7 Å². The van der Waals surface area contributed by atoms with E-state index in [0.29, 0.717) is 13.2 Å². The molecule has 1 fully saturated rings. The third-order valence-corrected chi connectivity index (χ3v) is 5.54. The Bertz CT molecular complexity index is 699. The van der Waals surface area contributed by atoms with Crippen LogP contribution in [0.1, 0.15) is 43.7 Å². The highest BCUT2D eigenvalue weighted by atomic mass is 35.5. The number of carbonyl (C=O) groups excluding carboxylic acids is 1. The lowest BCUT2D eigenvalue weighted by atomic mass is 9.86. The average Bonchev–Trinajstić information content (AvgIpc) is 3.16. The lowest BCUT2D eigenvalue weighted by Crippen LogP contribution is -2.43. The van der Waals surface area contributed by atoms with Crippen molar-refractivity contribution >= 4 is 18.4 Å². The first-order valence-corrected chi connectivity index (χ1v) is 10.3. The Labute approximate surface area is 180 Å². The van der Waals surface area contributed by atoms with Gasteiger partial charge in [0.25, 0.3) is 0 Å². The molecule has 0 aliphatic carbocycles. The normalized spacial score (nSPS) is 17.0. The van der Waals surface area contributed by atoms with E-state index in [9.17, 15) is 4.79 Å². The van der Waals surface area contributed by atoms with Gasteiger partial charge in [0.2, 0.25) is 5.60 Å². The highest BCUT2D eigenvalue weighted by Crippen LogP contribution is 2.36. The van der Waals surface area contributed by atoms with E-state index in [1.165, 1.54) is 0 Å². The standard InChI is InChI=1S/C24H31NO3.ClH/c1-3-4-18-28-24(20-12-7-5-8-13-20,21-14-9-6-10-15-21)23(26)27-19-22-16-11-17-25(22)2;/h5-10,12-15,22H,3-4,11,16-19H2,1-2H3;1H. The molecule has 1 saturated heterocycles. The summed E-state index contributed by atoms with van der Waals surface area (Å²) in [7, 11) is 2.09. The molecule has 29 heavy (non-hydrogen) atoms. The van der Waals surface area contributed by atoms with Gasteiger partial charge in [-0.3, -0.25) is 0 Å². The summed E-state index contributed by atoms with van der Waals surface area (Å²) in [5.74, 6) is -0.332. The molecule has 1 atom stereocenters. The number of likely N-dealkylation sites (tertiary alicyclic amines) is 1. The molecule has 0 N–H and O–H groups in total. The van der Waals surface area contributed by atoms with E-state index in [0.717, 1.165) is 43.4 Å². The quantitative estimate of drug-likeness (QED) is 0.433. The summed E-state index contributed by atoms with van der Waals surface area (Å²) in [6.45, 7) is 4.06. The Kier molecular flexibility index (Phi) is 9.15. The Balaban J connectivity index is 0.00000300. The highest BCUT2D eigenvalue weighted by Gasteiger charge is 2.45. The van der Waals surface area contributed by atoms with Gasteiger partial charge in [0.05, 0.1) is 0 Å². The van der Waals surface area contributed by atoms with E-state index >= 15 is 0 Å². The van der Waals surface area contributed by atoms with Gasteiger partial charge in [-0.15, -0.1) is 12.4 Å². The molecule has 0 bridgehead atoms. The Morgan fingerprint density at radius 3 is 2.14 bits per heavy atom. The Morgan fingerprint density at radius 2 is 1.66 bits per heavy atom. The zero-order chi connectivity index (χ0) is 19.8. The van der Waals surface area contributed by atoms with Gasteiger partial charge >= 0.3 is 5.97 Å².